The molecule has 0 aliphatic carbocycles. The van der Waals surface area contributed by atoms with E-state index in [0.29, 0.717) is 12.8 Å². The van der Waals surface area contributed by atoms with E-state index < -0.39 is 0 Å². The molecule has 2 aliphatic rings. The number of halogens is 1. The average molecular weight is 284 g/mol. The standard InChI is InChI=1S/C12H14BrNO2/c13-8-5-9(10-3-1-2-4-14-10)12-11(6-8)15-7-16-12/h5-6,10,14H,1-4,7H2. The third-order valence-electron chi connectivity index (χ3n) is 3.15. The highest BCUT2D eigenvalue weighted by Crippen LogP contribution is 2.42. The molecule has 4 heteroatoms. The molecule has 1 aromatic carbocycles. The molecule has 3 rings (SSSR count). The molecule has 1 aromatic rings. The fraction of sp³-hybridized carbons (Fsp3) is 0.500. The number of ether oxygens (including phenoxy) is 2. The molecule has 1 fully saturated rings. The number of fused-ring (bicyclic) bond motifs is 1. The Kier molecular flexibility index (Phi) is 2.77. The van der Waals surface area contributed by atoms with Crippen LogP contribution in [0.4, 0.5) is 0 Å². The summed E-state index contributed by atoms with van der Waals surface area (Å²) in [6, 6.07) is 4.51. The molecule has 3 nitrogen and oxygen atoms in total. The van der Waals surface area contributed by atoms with E-state index in [4.69, 9.17) is 9.47 Å². The third kappa shape index (κ3) is 1.80. The summed E-state index contributed by atoms with van der Waals surface area (Å²) >= 11 is 3.52. The molecule has 0 amide bonds. The van der Waals surface area contributed by atoms with Crippen LogP contribution in [-0.4, -0.2) is 13.3 Å². The molecule has 0 aromatic heterocycles. The Morgan fingerprint density at radius 2 is 2.19 bits per heavy atom. The Hall–Kier alpha value is -0.740. The van der Waals surface area contributed by atoms with Gasteiger partial charge in [-0.1, -0.05) is 22.4 Å². The second-order valence-electron chi connectivity index (χ2n) is 4.23. The molecular weight excluding hydrogens is 270 g/mol. The van der Waals surface area contributed by atoms with Gasteiger partial charge in [-0.15, -0.1) is 0 Å². The third-order valence-corrected chi connectivity index (χ3v) is 3.61. The quantitative estimate of drug-likeness (QED) is 0.860. The number of rotatable bonds is 1. The van der Waals surface area contributed by atoms with Crippen LogP contribution in [0, 0.1) is 0 Å². The van der Waals surface area contributed by atoms with Gasteiger partial charge < -0.3 is 14.8 Å². The van der Waals surface area contributed by atoms with Gasteiger partial charge in [0, 0.05) is 16.1 Å². The van der Waals surface area contributed by atoms with Crippen molar-refractivity contribution in [2.45, 2.75) is 25.3 Å². The van der Waals surface area contributed by atoms with E-state index in [2.05, 4.69) is 27.3 Å². The lowest BCUT2D eigenvalue weighted by Gasteiger charge is -2.24. The lowest BCUT2D eigenvalue weighted by atomic mass is 9.96. The maximum atomic E-state index is 5.55. The van der Waals surface area contributed by atoms with Crippen molar-refractivity contribution >= 4 is 15.9 Å². The highest BCUT2D eigenvalue weighted by Gasteiger charge is 2.25. The van der Waals surface area contributed by atoms with Crippen LogP contribution >= 0.6 is 15.9 Å². The van der Waals surface area contributed by atoms with E-state index >= 15 is 0 Å². The normalized spacial score (nSPS) is 23.4. The topological polar surface area (TPSA) is 30.5 Å². The Morgan fingerprint density at radius 1 is 1.25 bits per heavy atom. The molecule has 16 heavy (non-hydrogen) atoms. The molecule has 0 bridgehead atoms. The van der Waals surface area contributed by atoms with Gasteiger partial charge in [0.15, 0.2) is 11.5 Å². The van der Waals surface area contributed by atoms with Crippen LogP contribution in [0.25, 0.3) is 0 Å². The summed E-state index contributed by atoms with van der Waals surface area (Å²) in [6.45, 7) is 1.43. The highest BCUT2D eigenvalue weighted by atomic mass is 79.9. The maximum Gasteiger partial charge on any atom is 0.231 e. The molecule has 0 radical (unpaired) electrons. The van der Waals surface area contributed by atoms with Crippen LogP contribution in [0.1, 0.15) is 30.9 Å². The second kappa shape index (κ2) is 4.26. The first-order chi connectivity index (χ1) is 7.84. The summed E-state index contributed by atoms with van der Waals surface area (Å²) in [5.74, 6) is 1.78. The van der Waals surface area contributed by atoms with Crippen molar-refractivity contribution in [1.29, 1.82) is 0 Å². The Balaban J connectivity index is 1.99. The van der Waals surface area contributed by atoms with Gasteiger partial charge in [0.25, 0.3) is 0 Å². The Labute approximate surface area is 103 Å². The SMILES string of the molecule is Brc1cc2c(c(C3CCCCN3)c1)OCO2. The minimum Gasteiger partial charge on any atom is -0.454 e. The number of hydrogen-bond acceptors (Lipinski definition) is 3. The van der Waals surface area contributed by atoms with Gasteiger partial charge in [-0.3, -0.25) is 0 Å². The van der Waals surface area contributed by atoms with Gasteiger partial charge in [0.05, 0.1) is 0 Å². The monoisotopic (exact) mass is 283 g/mol. The van der Waals surface area contributed by atoms with Gasteiger partial charge >= 0.3 is 0 Å². The van der Waals surface area contributed by atoms with E-state index in [9.17, 15) is 0 Å². The number of benzene rings is 1. The highest BCUT2D eigenvalue weighted by molar-refractivity contribution is 9.10. The smallest absolute Gasteiger partial charge is 0.231 e. The van der Waals surface area contributed by atoms with E-state index in [1.807, 2.05) is 6.07 Å². The number of hydrogen-bond donors (Lipinski definition) is 1. The van der Waals surface area contributed by atoms with Gasteiger partial charge in [-0.25, -0.2) is 0 Å². The van der Waals surface area contributed by atoms with Gasteiger partial charge in [-0.05, 0) is 31.5 Å². The van der Waals surface area contributed by atoms with Crippen LogP contribution in [-0.2, 0) is 0 Å². The molecular formula is C12H14BrNO2. The van der Waals surface area contributed by atoms with Crippen molar-refractivity contribution in [2.75, 3.05) is 13.3 Å². The van der Waals surface area contributed by atoms with Crippen LogP contribution in [0.2, 0.25) is 0 Å². The van der Waals surface area contributed by atoms with Gasteiger partial charge in [0.1, 0.15) is 0 Å². The maximum absolute atomic E-state index is 5.55. The zero-order valence-electron chi connectivity index (χ0n) is 8.96. The molecule has 0 saturated carbocycles. The summed E-state index contributed by atoms with van der Waals surface area (Å²) in [4.78, 5) is 0. The molecule has 2 heterocycles. The Morgan fingerprint density at radius 3 is 3.00 bits per heavy atom. The minimum absolute atomic E-state index is 0.339. The summed E-state index contributed by atoms with van der Waals surface area (Å²) < 4.78 is 12.0. The fourth-order valence-corrected chi connectivity index (χ4v) is 2.83. The molecule has 86 valence electrons. The second-order valence-corrected chi connectivity index (χ2v) is 5.15. The summed E-state index contributed by atoms with van der Waals surface area (Å²) in [7, 11) is 0. The van der Waals surface area contributed by atoms with Crippen molar-refractivity contribution < 1.29 is 9.47 Å². The largest absolute Gasteiger partial charge is 0.454 e. The van der Waals surface area contributed by atoms with Crippen molar-refractivity contribution in [3.8, 4) is 11.5 Å². The first-order valence-electron chi connectivity index (χ1n) is 5.67. The minimum atomic E-state index is 0.339. The zero-order valence-corrected chi connectivity index (χ0v) is 10.5. The number of nitrogens with one attached hydrogen (secondary N) is 1. The first kappa shape index (κ1) is 10.4. The molecule has 1 atom stereocenters. The summed E-state index contributed by atoms with van der Waals surface area (Å²) in [5.41, 5.74) is 1.22. The lowest BCUT2D eigenvalue weighted by molar-refractivity contribution is 0.172. The van der Waals surface area contributed by atoms with Crippen LogP contribution in [0.5, 0.6) is 11.5 Å². The predicted octanol–water partition coefficient (Wildman–Crippen LogP) is 2.99. The predicted molar refractivity (Wildman–Crippen MR) is 64.9 cm³/mol. The van der Waals surface area contributed by atoms with Crippen LogP contribution < -0.4 is 14.8 Å². The van der Waals surface area contributed by atoms with Crippen molar-refractivity contribution in [1.82, 2.24) is 5.32 Å². The first-order valence-corrected chi connectivity index (χ1v) is 6.46. The van der Waals surface area contributed by atoms with E-state index in [1.165, 1.54) is 24.8 Å². The molecule has 1 unspecified atom stereocenters. The Bertz CT molecular complexity index is 402. The van der Waals surface area contributed by atoms with Crippen LogP contribution in [0.15, 0.2) is 16.6 Å². The van der Waals surface area contributed by atoms with Crippen molar-refractivity contribution in [3.05, 3.63) is 22.2 Å². The number of piperidine rings is 1. The van der Waals surface area contributed by atoms with E-state index in [-0.39, 0.29) is 0 Å². The van der Waals surface area contributed by atoms with Gasteiger partial charge in [-0.2, -0.15) is 0 Å². The summed E-state index contributed by atoms with van der Waals surface area (Å²) in [5, 5.41) is 3.54. The molecule has 0 spiro atoms. The van der Waals surface area contributed by atoms with Crippen LogP contribution in [0.3, 0.4) is 0 Å². The molecule has 2 aliphatic heterocycles. The fourth-order valence-electron chi connectivity index (χ4n) is 2.38. The van der Waals surface area contributed by atoms with Gasteiger partial charge in [0.2, 0.25) is 6.79 Å². The van der Waals surface area contributed by atoms with E-state index in [1.54, 1.807) is 0 Å². The van der Waals surface area contributed by atoms with E-state index in [0.717, 1.165) is 22.5 Å². The zero-order chi connectivity index (χ0) is 11.0. The van der Waals surface area contributed by atoms with Crippen molar-refractivity contribution in [2.24, 2.45) is 0 Å². The van der Waals surface area contributed by atoms with Crippen molar-refractivity contribution in [3.63, 3.8) is 0 Å². The lowest BCUT2D eigenvalue weighted by Crippen LogP contribution is -2.27. The molecule has 1 saturated heterocycles. The molecule has 1 N–H and O–H groups in total. The summed E-state index contributed by atoms with van der Waals surface area (Å²) in [6.07, 6.45) is 3.72. The average Bonchev–Trinajstić information content (AvgIpc) is 2.77.